The minimum absolute atomic E-state index is 0.237. The van der Waals surface area contributed by atoms with Crippen LogP contribution in [-0.4, -0.2) is 40.8 Å². The first-order chi connectivity index (χ1) is 10.5. The lowest BCUT2D eigenvalue weighted by atomic mass is 10.1. The minimum Gasteiger partial charge on any atom is -0.337 e. The molecule has 0 aromatic carbocycles. The molecule has 1 atom stereocenters. The van der Waals surface area contributed by atoms with Crippen LogP contribution < -0.4 is 21.8 Å². The summed E-state index contributed by atoms with van der Waals surface area (Å²) in [5, 5.41) is 12.9. The molecule has 10 heteroatoms. The monoisotopic (exact) mass is 317 g/mol. The molecule has 0 aromatic rings. The van der Waals surface area contributed by atoms with Crippen LogP contribution in [0.15, 0.2) is 12.0 Å². The summed E-state index contributed by atoms with van der Waals surface area (Å²) < 4.78 is 13.2. The molecule has 0 radical (unpaired) electrons. The maximum atomic E-state index is 13.2. The Morgan fingerprint density at radius 3 is 2.73 bits per heavy atom. The average molecular weight is 317 g/mol. The van der Waals surface area contributed by atoms with Crippen LogP contribution in [0.5, 0.6) is 0 Å². The number of imide groups is 1. The molecule has 0 spiro atoms. The second-order valence-corrected chi connectivity index (χ2v) is 4.74. The van der Waals surface area contributed by atoms with Gasteiger partial charge in [0.15, 0.2) is 5.83 Å². The van der Waals surface area contributed by atoms with Gasteiger partial charge < -0.3 is 16.4 Å². The summed E-state index contributed by atoms with van der Waals surface area (Å²) in [7, 11) is 0. The van der Waals surface area contributed by atoms with E-state index in [0.29, 0.717) is 24.3 Å². The molecule has 0 bridgehead atoms. The third kappa shape index (κ3) is 5.66. The van der Waals surface area contributed by atoms with Crippen molar-refractivity contribution < 1.29 is 24.0 Å². The number of nitrogens with two attached hydrogens (primary N) is 1. The molecule has 9 nitrogen and oxygen atoms in total. The van der Waals surface area contributed by atoms with Crippen LogP contribution in [0.3, 0.4) is 0 Å². The summed E-state index contributed by atoms with van der Waals surface area (Å²) in [6.45, 7) is 0.316. The van der Waals surface area contributed by atoms with Crippen LogP contribution in [0.2, 0.25) is 0 Å². The highest BCUT2D eigenvalue weighted by Gasteiger charge is 2.28. The summed E-state index contributed by atoms with van der Waals surface area (Å²) in [6, 6.07) is -1.53. The predicted octanol–water partition coefficient (Wildman–Crippen LogP) is 0.273. The number of hydroxylamine groups is 1. The number of nitrogens with one attached hydrogen (secondary N) is 3. The Balaban J connectivity index is 2.18. The second kappa shape index (κ2) is 8.95. The lowest BCUT2D eigenvalue weighted by molar-refractivity contribution is -0.129. The highest BCUT2D eigenvalue weighted by molar-refractivity contribution is 5.95. The van der Waals surface area contributed by atoms with Crippen LogP contribution in [0.1, 0.15) is 32.1 Å². The van der Waals surface area contributed by atoms with Crippen molar-refractivity contribution in [3.05, 3.63) is 12.0 Å². The lowest BCUT2D eigenvalue weighted by Crippen LogP contribution is -2.55. The van der Waals surface area contributed by atoms with E-state index in [1.54, 1.807) is 5.48 Å². The fourth-order valence-corrected chi connectivity index (χ4v) is 1.79. The van der Waals surface area contributed by atoms with Gasteiger partial charge in [-0.25, -0.2) is 24.4 Å². The van der Waals surface area contributed by atoms with E-state index in [2.05, 4.69) is 10.6 Å². The first-order valence-corrected chi connectivity index (χ1v) is 6.89. The van der Waals surface area contributed by atoms with Crippen molar-refractivity contribution in [2.75, 3.05) is 6.54 Å². The Kier molecular flexibility index (Phi) is 7.26. The number of rotatable bonds is 7. The third-order valence-electron chi connectivity index (χ3n) is 3.00. The van der Waals surface area contributed by atoms with Gasteiger partial charge in [-0.2, -0.15) is 0 Å². The molecule has 124 valence electrons. The number of nitrogens with zero attached hydrogens (tertiary/aromatic N) is 1. The SMILES string of the molecule is NC1NC(=O)N(C(=O)NCCCCCCC(=O)NO)C=C1F. The summed E-state index contributed by atoms with van der Waals surface area (Å²) >= 11 is 0. The molecule has 1 heterocycles. The van der Waals surface area contributed by atoms with Crippen molar-refractivity contribution >= 4 is 18.0 Å². The summed E-state index contributed by atoms with van der Waals surface area (Å²) in [5.41, 5.74) is 6.80. The molecule has 0 aliphatic carbocycles. The fourth-order valence-electron chi connectivity index (χ4n) is 1.79. The maximum absolute atomic E-state index is 13.2. The number of carbonyl (C=O) groups is 3. The predicted molar refractivity (Wildman–Crippen MR) is 74.0 cm³/mol. The fraction of sp³-hybridized carbons (Fsp3) is 0.583. The quantitative estimate of drug-likeness (QED) is 0.261. The van der Waals surface area contributed by atoms with Gasteiger partial charge in [0.25, 0.3) is 0 Å². The van der Waals surface area contributed by atoms with E-state index in [-0.39, 0.29) is 6.42 Å². The van der Waals surface area contributed by atoms with E-state index in [4.69, 9.17) is 10.9 Å². The van der Waals surface area contributed by atoms with Crippen molar-refractivity contribution in [2.24, 2.45) is 5.73 Å². The first-order valence-electron chi connectivity index (χ1n) is 6.89. The molecule has 0 fully saturated rings. The Morgan fingerprint density at radius 1 is 1.36 bits per heavy atom. The van der Waals surface area contributed by atoms with Crippen LogP contribution in [0.25, 0.3) is 0 Å². The van der Waals surface area contributed by atoms with E-state index >= 15 is 0 Å². The molecule has 0 saturated heterocycles. The van der Waals surface area contributed by atoms with E-state index in [1.165, 1.54) is 0 Å². The van der Waals surface area contributed by atoms with E-state index in [9.17, 15) is 18.8 Å². The normalized spacial score (nSPS) is 17.6. The third-order valence-corrected chi connectivity index (χ3v) is 3.00. The average Bonchev–Trinajstić information content (AvgIpc) is 2.49. The number of hydrogen-bond donors (Lipinski definition) is 5. The molecule has 1 unspecified atom stereocenters. The van der Waals surface area contributed by atoms with Gasteiger partial charge in [0.1, 0.15) is 6.17 Å². The Labute approximate surface area is 126 Å². The van der Waals surface area contributed by atoms with Gasteiger partial charge in [0.2, 0.25) is 5.91 Å². The van der Waals surface area contributed by atoms with Gasteiger partial charge in [0, 0.05) is 13.0 Å². The summed E-state index contributed by atoms with van der Waals surface area (Å²) in [5.74, 6) is -1.24. The van der Waals surface area contributed by atoms with Gasteiger partial charge in [-0.1, -0.05) is 12.8 Å². The van der Waals surface area contributed by atoms with E-state index < -0.39 is 30.0 Å². The topological polar surface area (TPSA) is 137 Å². The molecule has 1 rings (SSSR count). The zero-order chi connectivity index (χ0) is 16.5. The molecule has 5 amide bonds. The zero-order valence-corrected chi connectivity index (χ0v) is 12.0. The molecule has 0 saturated carbocycles. The number of carbonyl (C=O) groups excluding carboxylic acids is 3. The van der Waals surface area contributed by atoms with Gasteiger partial charge in [-0.15, -0.1) is 0 Å². The number of unbranched alkanes of at least 4 members (excludes halogenated alkanes) is 3. The first kappa shape index (κ1) is 17.9. The number of urea groups is 2. The standard InChI is InChI=1S/C12H20FN5O4/c13-8-7-18(12(21)16-10(8)14)11(20)15-6-4-2-1-3-5-9(19)17-22/h7,10,22H,1-6,14H2,(H,15,20)(H,16,21)(H,17,19). The second-order valence-electron chi connectivity index (χ2n) is 4.74. The zero-order valence-electron chi connectivity index (χ0n) is 12.0. The van der Waals surface area contributed by atoms with Crippen molar-refractivity contribution in [1.29, 1.82) is 0 Å². The van der Waals surface area contributed by atoms with Gasteiger partial charge in [-0.3, -0.25) is 10.0 Å². The van der Waals surface area contributed by atoms with Crippen molar-refractivity contribution in [2.45, 2.75) is 38.3 Å². The molecule has 1 aliphatic heterocycles. The van der Waals surface area contributed by atoms with Gasteiger partial charge >= 0.3 is 12.1 Å². The molecule has 1 aliphatic rings. The maximum Gasteiger partial charge on any atom is 0.331 e. The van der Waals surface area contributed by atoms with Crippen molar-refractivity contribution in [1.82, 2.24) is 21.0 Å². The lowest BCUT2D eigenvalue weighted by Gasteiger charge is -2.25. The summed E-state index contributed by atoms with van der Waals surface area (Å²) in [6.07, 6.45) is 2.56. The smallest absolute Gasteiger partial charge is 0.331 e. The van der Waals surface area contributed by atoms with Crippen LogP contribution in [0.4, 0.5) is 14.0 Å². The van der Waals surface area contributed by atoms with Crippen molar-refractivity contribution in [3.63, 3.8) is 0 Å². The highest BCUT2D eigenvalue weighted by atomic mass is 19.1. The van der Waals surface area contributed by atoms with Crippen molar-refractivity contribution in [3.8, 4) is 0 Å². The molecular weight excluding hydrogens is 297 g/mol. The minimum atomic E-state index is -1.23. The molecule has 0 aromatic heterocycles. The summed E-state index contributed by atoms with van der Waals surface area (Å²) in [4.78, 5) is 34.5. The van der Waals surface area contributed by atoms with Gasteiger partial charge in [-0.05, 0) is 12.8 Å². The Bertz CT molecular complexity index is 457. The van der Waals surface area contributed by atoms with E-state index in [0.717, 1.165) is 19.0 Å². The number of hydrogen-bond acceptors (Lipinski definition) is 5. The van der Waals surface area contributed by atoms with Crippen LogP contribution in [-0.2, 0) is 4.79 Å². The van der Waals surface area contributed by atoms with Gasteiger partial charge in [0.05, 0.1) is 6.20 Å². The van der Waals surface area contributed by atoms with E-state index in [1.807, 2.05) is 0 Å². The Hall–Kier alpha value is -2.20. The molecule has 6 N–H and O–H groups in total. The van der Waals surface area contributed by atoms with Crippen LogP contribution in [0, 0.1) is 0 Å². The molecule has 22 heavy (non-hydrogen) atoms. The highest BCUT2D eigenvalue weighted by Crippen LogP contribution is 2.09. The molecular formula is C12H20FN5O4. The van der Waals surface area contributed by atoms with Crippen LogP contribution >= 0.6 is 0 Å². The Morgan fingerprint density at radius 2 is 2.05 bits per heavy atom. The number of halogens is 1. The largest absolute Gasteiger partial charge is 0.337 e. The number of amides is 5.